The van der Waals surface area contributed by atoms with Crippen LogP contribution in [0.1, 0.15) is 5.56 Å². The first kappa shape index (κ1) is 31.0. The Morgan fingerprint density at radius 3 is 1.84 bits per heavy atom. The van der Waals surface area contributed by atoms with Gasteiger partial charge in [0.1, 0.15) is 60.4 Å². The molecule has 43 heavy (non-hydrogen) atoms. The van der Waals surface area contributed by atoms with Crippen LogP contribution in [0.4, 0.5) is 0 Å². The number of rotatable bonds is 7. The maximum absolute atomic E-state index is 10.9. The summed E-state index contributed by atoms with van der Waals surface area (Å²) in [4.78, 5) is 0. The third-order valence-electron chi connectivity index (χ3n) is 7.44. The van der Waals surface area contributed by atoms with Crippen LogP contribution >= 0.6 is 0 Å². The molecule has 12 N–H and O–H groups in total. The lowest BCUT2D eigenvalue weighted by Gasteiger charge is -2.40. The highest BCUT2D eigenvalue weighted by atomic mass is 16.7. The number of hydrogen-bond donors (Lipinski definition) is 11. The standard InChI is InChI=1S/C27H32O16/c28-7-17-19(33)21(35)23(37)26(42-17)39-10-4-13(31)11-6-16(41-27-24(38)22(36)20(34)18(8-29)43-27)25(40-15(11)5-10)9-1-2-12(30)14(32)3-9/h1-6,15,17-24,26-38H,7-8H2/p+1. The van der Waals surface area contributed by atoms with Gasteiger partial charge in [0.05, 0.1) is 30.4 Å². The number of aliphatic hydroxyl groups excluding tert-OH is 9. The fourth-order valence-electron chi connectivity index (χ4n) is 4.98. The van der Waals surface area contributed by atoms with Crippen LogP contribution in [0, 0.1) is 0 Å². The molecule has 236 valence electrons. The van der Waals surface area contributed by atoms with Crippen LogP contribution in [0.15, 0.2) is 59.3 Å². The molecule has 2 fully saturated rings. The van der Waals surface area contributed by atoms with Gasteiger partial charge >= 0.3 is 5.76 Å². The molecular formula is C27H33O16+. The van der Waals surface area contributed by atoms with Crippen LogP contribution in [0.3, 0.4) is 0 Å². The SMILES string of the molecule is OCC1OC(OC2=CC3[OH+]C(c4ccc(O)c(O)c4)=C(OC4OC(CO)C(O)C(O)C4O)C=C3C(O)=C2)C(O)C(O)C1O. The summed E-state index contributed by atoms with van der Waals surface area (Å²) >= 11 is 0. The van der Waals surface area contributed by atoms with Gasteiger partial charge in [-0.2, -0.15) is 0 Å². The number of benzene rings is 1. The van der Waals surface area contributed by atoms with Gasteiger partial charge in [-0.1, -0.05) is 0 Å². The van der Waals surface area contributed by atoms with Gasteiger partial charge in [0, 0.05) is 18.2 Å². The van der Waals surface area contributed by atoms with Gasteiger partial charge in [-0.05, 0) is 12.1 Å². The van der Waals surface area contributed by atoms with Crippen LogP contribution in [0.2, 0.25) is 0 Å². The molecule has 11 atom stereocenters. The second kappa shape index (κ2) is 12.3. The first-order valence-corrected chi connectivity index (χ1v) is 13.2. The minimum absolute atomic E-state index is 0.0131. The van der Waals surface area contributed by atoms with Crippen molar-refractivity contribution in [1.82, 2.24) is 0 Å². The van der Waals surface area contributed by atoms with E-state index >= 15 is 0 Å². The molecule has 5 rings (SSSR count). The van der Waals surface area contributed by atoms with Gasteiger partial charge in [-0.15, -0.1) is 0 Å². The number of phenols is 2. The first-order valence-electron chi connectivity index (χ1n) is 13.2. The zero-order valence-corrected chi connectivity index (χ0v) is 22.2. The van der Waals surface area contributed by atoms with Crippen LogP contribution in [-0.2, 0) is 18.9 Å². The molecule has 16 nitrogen and oxygen atoms in total. The topological polar surface area (TPSA) is 272 Å². The third-order valence-corrected chi connectivity index (χ3v) is 7.44. The van der Waals surface area contributed by atoms with E-state index in [9.17, 15) is 56.2 Å². The molecule has 3 aliphatic heterocycles. The molecule has 11 unspecified atom stereocenters. The van der Waals surface area contributed by atoms with Gasteiger partial charge in [0.2, 0.25) is 24.4 Å². The highest BCUT2D eigenvalue weighted by Crippen LogP contribution is 2.39. The summed E-state index contributed by atoms with van der Waals surface area (Å²) in [7, 11) is 0. The Bertz CT molecular complexity index is 1320. The monoisotopic (exact) mass is 613 g/mol. The van der Waals surface area contributed by atoms with E-state index in [0.29, 0.717) is 0 Å². The number of aromatic hydroxyl groups is 2. The Labute approximate surface area is 243 Å². The summed E-state index contributed by atoms with van der Waals surface area (Å²) in [6, 6.07) is 3.73. The second-order valence-corrected chi connectivity index (χ2v) is 10.3. The summed E-state index contributed by atoms with van der Waals surface area (Å²) in [5.41, 5.74) is 0.344. The average Bonchev–Trinajstić information content (AvgIpc) is 2.99. The molecule has 16 heteroatoms. The largest absolute Gasteiger partial charge is 0.571 e. The Balaban J connectivity index is 1.46. The second-order valence-electron chi connectivity index (χ2n) is 10.3. The predicted octanol–water partition coefficient (Wildman–Crippen LogP) is -3.42. The molecule has 0 amide bonds. The molecule has 0 bridgehead atoms. The quantitative estimate of drug-likeness (QED) is 0.106. The molecule has 1 aromatic carbocycles. The van der Waals surface area contributed by atoms with E-state index in [1.54, 1.807) is 0 Å². The van der Waals surface area contributed by atoms with Crippen molar-refractivity contribution in [2.45, 2.75) is 67.5 Å². The number of ether oxygens (including phenoxy) is 5. The van der Waals surface area contributed by atoms with Gasteiger partial charge in [0.25, 0.3) is 0 Å². The zero-order chi connectivity index (χ0) is 31.2. The molecule has 0 radical (unpaired) electrons. The summed E-state index contributed by atoms with van der Waals surface area (Å²) in [5, 5.41) is 111. The van der Waals surface area contributed by atoms with E-state index in [2.05, 4.69) is 4.74 Å². The Morgan fingerprint density at radius 1 is 0.698 bits per heavy atom. The normalized spacial score (nSPS) is 37.9. The van der Waals surface area contributed by atoms with E-state index in [-0.39, 0.29) is 28.4 Å². The highest BCUT2D eigenvalue weighted by Gasteiger charge is 2.47. The fourth-order valence-corrected chi connectivity index (χ4v) is 4.98. The van der Waals surface area contributed by atoms with Crippen LogP contribution in [0.5, 0.6) is 11.5 Å². The third kappa shape index (κ3) is 5.89. The van der Waals surface area contributed by atoms with Gasteiger partial charge < -0.3 is 79.9 Å². The smallest absolute Gasteiger partial charge is 0.305 e. The fraction of sp³-hybridized carbons (Fsp3) is 0.481. The molecule has 0 spiro atoms. The molecule has 4 aliphatic rings. The lowest BCUT2D eigenvalue weighted by molar-refractivity contribution is -0.291. The van der Waals surface area contributed by atoms with Crippen molar-refractivity contribution in [3.63, 3.8) is 0 Å². The van der Waals surface area contributed by atoms with Gasteiger partial charge in [-0.25, -0.2) is 0 Å². The molecule has 0 aromatic heterocycles. The van der Waals surface area contributed by atoms with E-state index in [4.69, 9.17) is 18.9 Å². The molecular weight excluding hydrogens is 580 g/mol. The van der Waals surface area contributed by atoms with E-state index in [1.165, 1.54) is 24.3 Å². The van der Waals surface area contributed by atoms with Crippen molar-refractivity contribution in [2.75, 3.05) is 13.2 Å². The number of aliphatic hydroxyl groups is 11. The van der Waals surface area contributed by atoms with Gasteiger partial charge in [-0.3, -0.25) is 0 Å². The lowest BCUT2D eigenvalue weighted by Crippen LogP contribution is -2.59. The van der Waals surface area contributed by atoms with Crippen molar-refractivity contribution >= 4 is 5.76 Å². The minimum Gasteiger partial charge on any atom is -0.571 e. The summed E-state index contributed by atoms with van der Waals surface area (Å²) < 4.78 is 26.8. The lowest BCUT2D eigenvalue weighted by atomic mass is 9.96. The Kier molecular flexibility index (Phi) is 8.87. The zero-order valence-electron chi connectivity index (χ0n) is 22.2. The number of hydrogen-bond acceptors (Lipinski definition) is 15. The predicted molar refractivity (Wildman–Crippen MR) is 139 cm³/mol. The van der Waals surface area contributed by atoms with E-state index in [1.807, 2.05) is 0 Å². The van der Waals surface area contributed by atoms with E-state index < -0.39 is 98.0 Å². The van der Waals surface area contributed by atoms with Gasteiger partial charge in [0.15, 0.2) is 11.5 Å². The first-order chi connectivity index (χ1) is 20.4. The number of phenolic OH excluding ortho intramolecular Hbond substituents is 2. The van der Waals surface area contributed by atoms with Crippen molar-refractivity contribution in [3.05, 3.63) is 64.8 Å². The maximum atomic E-state index is 10.9. The van der Waals surface area contributed by atoms with Crippen LogP contribution < -0.4 is 0 Å². The molecule has 3 heterocycles. The van der Waals surface area contributed by atoms with Crippen LogP contribution in [-0.4, -0.2) is 142 Å². The summed E-state index contributed by atoms with van der Waals surface area (Å²) in [6.07, 6.45) is -13.0. The van der Waals surface area contributed by atoms with Crippen molar-refractivity contribution in [1.29, 1.82) is 0 Å². The van der Waals surface area contributed by atoms with Crippen molar-refractivity contribution in [3.8, 4) is 11.5 Å². The molecule has 1 aromatic rings. The Morgan fingerprint density at radius 2 is 1.28 bits per heavy atom. The maximum Gasteiger partial charge on any atom is 0.305 e. The summed E-state index contributed by atoms with van der Waals surface area (Å²) in [6.45, 7) is -1.39. The average molecular weight is 614 g/mol. The van der Waals surface area contributed by atoms with Crippen LogP contribution in [0.25, 0.3) is 5.76 Å². The van der Waals surface area contributed by atoms with E-state index in [0.717, 1.165) is 12.1 Å². The van der Waals surface area contributed by atoms with Crippen molar-refractivity contribution < 1.29 is 79.9 Å². The number of allylic oxidation sites excluding steroid dienone is 2. The Hall–Kier alpha value is -3.42. The minimum atomic E-state index is -1.77. The number of fused-ring (bicyclic) bond motifs is 1. The summed E-state index contributed by atoms with van der Waals surface area (Å²) in [5.74, 6) is -1.51. The highest BCUT2D eigenvalue weighted by molar-refractivity contribution is 5.69. The molecule has 2 saturated heterocycles. The molecule has 1 aliphatic carbocycles. The van der Waals surface area contributed by atoms with Crippen molar-refractivity contribution in [2.24, 2.45) is 0 Å². The molecule has 0 saturated carbocycles.